The first-order valence-electron chi connectivity index (χ1n) is 11.1. The highest BCUT2D eigenvalue weighted by atomic mass is 19.4. The first-order valence-corrected chi connectivity index (χ1v) is 11.1. The van der Waals surface area contributed by atoms with E-state index in [1.54, 1.807) is 23.2 Å². The fraction of sp³-hybridized carbons (Fsp3) is 0.391. The average molecular weight is 491 g/mol. The molecule has 0 bridgehead atoms. The van der Waals surface area contributed by atoms with Gasteiger partial charge in [-0.1, -0.05) is 6.07 Å². The molecule has 1 fully saturated rings. The summed E-state index contributed by atoms with van der Waals surface area (Å²) in [5.74, 6) is -0.888. The van der Waals surface area contributed by atoms with Crippen LogP contribution in [0.15, 0.2) is 36.5 Å². The Labute approximate surface area is 198 Å². The molecule has 9 nitrogen and oxygen atoms in total. The van der Waals surface area contributed by atoms with Crippen molar-refractivity contribution in [3.63, 3.8) is 0 Å². The highest BCUT2D eigenvalue weighted by Gasteiger charge is 2.33. The van der Waals surface area contributed by atoms with Gasteiger partial charge in [0.15, 0.2) is 0 Å². The second-order valence-electron chi connectivity index (χ2n) is 8.08. The lowest BCUT2D eigenvalue weighted by atomic mass is 10.1. The summed E-state index contributed by atoms with van der Waals surface area (Å²) in [6.45, 7) is 1.98. The van der Waals surface area contributed by atoms with Crippen molar-refractivity contribution in [3.05, 3.63) is 53.5 Å². The van der Waals surface area contributed by atoms with Gasteiger partial charge in [0.1, 0.15) is 17.9 Å². The minimum absolute atomic E-state index is 0.0382. The van der Waals surface area contributed by atoms with Crippen LogP contribution in [0.2, 0.25) is 0 Å². The maximum atomic E-state index is 13.0. The Balaban J connectivity index is 1.58. The Bertz CT molecular complexity index is 1220. The molecule has 2 aromatic heterocycles. The molecule has 1 aliphatic heterocycles. The monoisotopic (exact) mass is 491 g/mol. The lowest BCUT2D eigenvalue weighted by molar-refractivity contribution is -0.141. The number of aliphatic hydroxyl groups excluding tert-OH is 1. The van der Waals surface area contributed by atoms with E-state index < -0.39 is 17.8 Å². The molecular formula is C23H24F3N5O4. The van der Waals surface area contributed by atoms with E-state index in [0.29, 0.717) is 61.3 Å². The van der Waals surface area contributed by atoms with Crippen LogP contribution in [0.5, 0.6) is 0 Å². The minimum Gasteiger partial charge on any atom is -0.396 e. The molecule has 0 spiro atoms. The second-order valence-corrected chi connectivity index (χ2v) is 8.08. The predicted octanol–water partition coefficient (Wildman–Crippen LogP) is 2.49. The molecule has 1 aromatic carbocycles. The van der Waals surface area contributed by atoms with Crippen LogP contribution in [0.1, 0.15) is 28.2 Å². The minimum atomic E-state index is -4.67. The summed E-state index contributed by atoms with van der Waals surface area (Å²) in [6.07, 6.45) is -2.19. The molecule has 186 valence electrons. The summed E-state index contributed by atoms with van der Waals surface area (Å²) < 4.78 is 45.7. The number of ether oxygens (including phenoxy) is 1. The zero-order valence-electron chi connectivity index (χ0n) is 18.7. The lowest BCUT2D eigenvalue weighted by Crippen LogP contribution is -2.42. The van der Waals surface area contributed by atoms with Crippen LogP contribution in [0, 0.1) is 0 Å². The van der Waals surface area contributed by atoms with E-state index in [-0.39, 0.29) is 24.8 Å². The summed E-state index contributed by atoms with van der Waals surface area (Å²) in [4.78, 5) is 30.4. The average Bonchev–Trinajstić information content (AvgIpc) is 3.23. The quantitative estimate of drug-likeness (QED) is 0.526. The number of nitrogens with one attached hydrogen (secondary N) is 1. The third-order valence-corrected chi connectivity index (χ3v) is 5.56. The first-order chi connectivity index (χ1) is 16.7. The van der Waals surface area contributed by atoms with Gasteiger partial charge in [-0.3, -0.25) is 14.3 Å². The normalized spacial score (nSPS) is 14.3. The number of nitrogens with zero attached hydrogens (tertiary/aromatic N) is 4. The molecule has 0 radical (unpaired) electrons. The van der Waals surface area contributed by atoms with Crippen LogP contribution < -0.4 is 5.32 Å². The van der Waals surface area contributed by atoms with E-state index in [4.69, 9.17) is 4.74 Å². The van der Waals surface area contributed by atoms with Crippen molar-refractivity contribution in [3.8, 4) is 0 Å². The predicted molar refractivity (Wildman–Crippen MR) is 120 cm³/mol. The van der Waals surface area contributed by atoms with Crippen molar-refractivity contribution < 1.29 is 32.6 Å². The molecule has 2 amide bonds. The van der Waals surface area contributed by atoms with Gasteiger partial charge in [-0.05, 0) is 42.7 Å². The topological polar surface area (TPSA) is 110 Å². The number of pyridine rings is 1. The molecule has 4 rings (SSSR count). The number of carbonyl (C=O) groups excluding carboxylic acids is 2. The summed E-state index contributed by atoms with van der Waals surface area (Å²) in [5.41, 5.74) is 0.0703. The Morgan fingerprint density at radius 1 is 1.17 bits per heavy atom. The Kier molecular flexibility index (Phi) is 7.31. The molecular weight excluding hydrogens is 467 g/mol. The van der Waals surface area contributed by atoms with Crippen molar-refractivity contribution in [2.45, 2.75) is 25.6 Å². The number of fused-ring (bicyclic) bond motifs is 1. The number of morpholine rings is 1. The van der Waals surface area contributed by atoms with Gasteiger partial charge < -0.3 is 20.1 Å². The van der Waals surface area contributed by atoms with E-state index in [1.807, 2.05) is 0 Å². The van der Waals surface area contributed by atoms with Crippen molar-refractivity contribution in [1.29, 1.82) is 0 Å². The largest absolute Gasteiger partial charge is 0.433 e. The highest BCUT2D eigenvalue weighted by molar-refractivity contribution is 6.04. The van der Waals surface area contributed by atoms with Gasteiger partial charge >= 0.3 is 6.18 Å². The van der Waals surface area contributed by atoms with Gasteiger partial charge in [-0.15, -0.1) is 0 Å². The van der Waals surface area contributed by atoms with Crippen molar-refractivity contribution in [2.75, 3.05) is 38.2 Å². The summed E-state index contributed by atoms with van der Waals surface area (Å²) >= 11 is 0. The van der Waals surface area contributed by atoms with Crippen LogP contribution >= 0.6 is 0 Å². The molecule has 35 heavy (non-hydrogen) atoms. The van der Waals surface area contributed by atoms with E-state index in [2.05, 4.69) is 15.4 Å². The van der Waals surface area contributed by atoms with E-state index in [9.17, 15) is 27.9 Å². The van der Waals surface area contributed by atoms with E-state index in [0.717, 1.165) is 12.1 Å². The zero-order chi connectivity index (χ0) is 25.0. The Morgan fingerprint density at radius 2 is 1.94 bits per heavy atom. The van der Waals surface area contributed by atoms with Gasteiger partial charge in [0, 0.05) is 37.0 Å². The Morgan fingerprint density at radius 3 is 2.66 bits per heavy atom. The third-order valence-electron chi connectivity index (χ3n) is 5.56. The molecule has 0 unspecified atom stereocenters. The second kappa shape index (κ2) is 10.4. The van der Waals surface area contributed by atoms with Gasteiger partial charge in [0.25, 0.3) is 5.91 Å². The van der Waals surface area contributed by atoms with Crippen molar-refractivity contribution in [2.24, 2.45) is 0 Å². The summed E-state index contributed by atoms with van der Waals surface area (Å²) in [7, 11) is 0. The molecule has 1 aliphatic rings. The molecule has 0 atom stereocenters. The van der Waals surface area contributed by atoms with Crippen LogP contribution in [-0.2, 0) is 28.7 Å². The zero-order valence-corrected chi connectivity index (χ0v) is 18.7. The number of hydrogen-bond donors (Lipinski definition) is 2. The van der Waals surface area contributed by atoms with Crippen LogP contribution in [-0.4, -0.2) is 69.5 Å². The number of aliphatic hydroxyl groups is 1. The molecule has 3 heterocycles. The van der Waals surface area contributed by atoms with Crippen molar-refractivity contribution >= 4 is 28.4 Å². The number of aromatic nitrogens is 3. The van der Waals surface area contributed by atoms with Crippen molar-refractivity contribution in [1.82, 2.24) is 19.7 Å². The SMILES string of the molecule is O=C(Nc1cc2cn(CC(=O)N3CCOCC3)nc2cc1CCCO)c1cccc(C(F)(F)F)n1. The number of benzene rings is 1. The maximum absolute atomic E-state index is 13.0. The number of carbonyl (C=O) groups is 2. The summed E-state index contributed by atoms with van der Waals surface area (Å²) in [5, 5.41) is 17.0. The summed E-state index contributed by atoms with van der Waals surface area (Å²) in [6, 6.07) is 6.50. The van der Waals surface area contributed by atoms with E-state index >= 15 is 0 Å². The number of hydrogen-bond acceptors (Lipinski definition) is 6. The number of alkyl halides is 3. The first kappa shape index (κ1) is 24.6. The van der Waals surface area contributed by atoms with Gasteiger partial charge in [-0.25, -0.2) is 4.98 Å². The van der Waals surface area contributed by atoms with Gasteiger partial charge in [-0.2, -0.15) is 18.3 Å². The fourth-order valence-corrected chi connectivity index (χ4v) is 3.80. The fourth-order valence-electron chi connectivity index (χ4n) is 3.80. The number of aryl methyl sites for hydroxylation is 1. The molecule has 2 N–H and O–H groups in total. The molecule has 0 aliphatic carbocycles. The molecule has 0 saturated carbocycles. The van der Waals surface area contributed by atoms with Crippen LogP contribution in [0.25, 0.3) is 10.9 Å². The number of anilines is 1. The standard InChI is InChI=1S/C23H24F3N5O4/c24-23(25,26)20-5-1-4-17(27-20)22(34)28-18-12-16-13-31(14-21(33)30-6-9-35-10-7-30)29-19(16)11-15(18)3-2-8-32/h1,4-5,11-13,32H,2-3,6-10,14H2,(H,28,34). The van der Waals surface area contributed by atoms with Crippen LogP contribution in [0.3, 0.4) is 0 Å². The van der Waals surface area contributed by atoms with Gasteiger partial charge in [0.05, 0.1) is 18.7 Å². The number of rotatable bonds is 7. The molecule has 1 saturated heterocycles. The Hall–Kier alpha value is -3.51. The highest BCUT2D eigenvalue weighted by Crippen LogP contribution is 2.28. The third kappa shape index (κ3) is 5.95. The van der Waals surface area contributed by atoms with E-state index in [1.165, 1.54) is 10.7 Å². The number of amides is 2. The molecule has 12 heteroatoms. The van der Waals surface area contributed by atoms with Crippen LogP contribution in [0.4, 0.5) is 18.9 Å². The lowest BCUT2D eigenvalue weighted by Gasteiger charge is -2.26. The molecule has 3 aromatic rings. The van der Waals surface area contributed by atoms with Gasteiger partial charge in [0.2, 0.25) is 5.91 Å². The smallest absolute Gasteiger partial charge is 0.396 e. The maximum Gasteiger partial charge on any atom is 0.433 e. The number of halogens is 3.